The maximum atomic E-state index is 14.0. The van der Waals surface area contributed by atoms with Gasteiger partial charge in [0.2, 0.25) is 0 Å². The van der Waals surface area contributed by atoms with Crippen LogP contribution in [-0.2, 0) is 4.79 Å². The van der Waals surface area contributed by atoms with Crippen LogP contribution in [-0.4, -0.2) is 35.7 Å². The number of methoxy groups -OCH3 is 1. The summed E-state index contributed by atoms with van der Waals surface area (Å²) in [6.07, 6.45) is 2.37. The second-order valence-corrected chi connectivity index (χ2v) is 7.34. The summed E-state index contributed by atoms with van der Waals surface area (Å²) in [5.41, 5.74) is 1.55. The number of ether oxygens (including phenoxy) is 1. The number of carbonyl (C=O) groups is 1. The molecule has 0 spiro atoms. The summed E-state index contributed by atoms with van der Waals surface area (Å²) in [7, 11) is 1.54. The zero-order chi connectivity index (χ0) is 18.7. The summed E-state index contributed by atoms with van der Waals surface area (Å²) in [5.74, 6) is -0.664. The maximum Gasteiger partial charge on any atom is 0.320 e. The van der Waals surface area contributed by atoms with Crippen molar-refractivity contribution in [3.63, 3.8) is 0 Å². The maximum absolute atomic E-state index is 14.0. The van der Waals surface area contributed by atoms with Gasteiger partial charge in [0.25, 0.3) is 0 Å². The van der Waals surface area contributed by atoms with Crippen LogP contribution in [0.3, 0.4) is 0 Å². The molecule has 0 amide bonds. The van der Waals surface area contributed by atoms with E-state index in [0.717, 1.165) is 22.9 Å². The molecule has 1 aliphatic rings. The average molecular weight is 422 g/mol. The fourth-order valence-corrected chi connectivity index (χ4v) is 3.91. The third-order valence-electron chi connectivity index (χ3n) is 4.83. The molecule has 0 aromatic heterocycles. The van der Waals surface area contributed by atoms with Crippen molar-refractivity contribution in [2.75, 3.05) is 13.7 Å². The number of nitrogens with zero attached hydrogens (tertiary/aromatic N) is 1. The molecule has 2 aromatic rings. The Hall–Kier alpha value is -1.92. The van der Waals surface area contributed by atoms with E-state index in [1.807, 2.05) is 29.2 Å². The molecule has 3 rings (SSSR count). The van der Waals surface area contributed by atoms with E-state index in [4.69, 9.17) is 4.74 Å². The van der Waals surface area contributed by atoms with E-state index in [9.17, 15) is 14.3 Å². The first-order valence-electron chi connectivity index (χ1n) is 8.58. The Morgan fingerprint density at radius 1 is 1.27 bits per heavy atom. The molecule has 0 saturated carbocycles. The van der Waals surface area contributed by atoms with E-state index in [1.54, 1.807) is 13.2 Å². The average Bonchev–Trinajstić information content (AvgIpc) is 2.64. The number of rotatable bonds is 5. The first-order valence-corrected chi connectivity index (χ1v) is 9.38. The summed E-state index contributed by atoms with van der Waals surface area (Å²) in [6.45, 7) is 0.636. The van der Waals surface area contributed by atoms with E-state index in [1.165, 1.54) is 12.1 Å². The molecule has 2 aromatic carbocycles. The number of hydrogen-bond donors (Lipinski definition) is 1. The van der Waals surface area contributed by atoms with Crippen LogP contribution in [0.15, 0.2) is 46.9 Å². The largest absolute Gasteiger partial charge is 0.496 e. The SMILES string of the molecule is COc1ccc(F)cc1C(c1ccc(Br)cc1)N1CCCCC1C(=O)O. The van der Waals surface area contributed by atoms with Crippen molar-refractivity contribution >= 4 is 21.9 Å². The lowest BCUT2D eigenvalue weighted by atomic mass is 9.91. The molecular weight excluding hydrogens is 401 g/mol. The minimum absolute atomic E-state index is 0.369. The van der Waals surface area contributed by atoms with E-state index in [2.05, 4.69) is 15.9 Å². The van der Waals surface area contributed by atoms with E-state index >= 15 is 0 Å². The number of halogens is 2. The fourth-order valence-electron chi connectivity index (χ4n) is 3.64. The van der Waals surface area contributed by atoms with Crippen LogP contribution >= 0.6 is 15.9 Å². The predicted molar refractivity (Wildman–Crippen MR) is 101 cm³/mol. The van der Waals surface area contributed by atoms with Crippen molar-refractivity contribution in [2.45, 2.75) is 31.3 Å². The van der Waals surface area contributed by atoms with Gasteiger partial charge in [0.1, 0.15) is 17.6 Å². The molecule has 1 N–H and O–H groups in total. The van der Waals surface area contributed by atoms with Crippen LogP contribution in [0.1, 0.15) is 36.4 Å². The molecule has 2 unspecified atom stereocenters. The summed E-state index contributed by atoms with van der Waals surface area (Å²) < 4.78 is 20.4. The molecule has 4 nitrogen and oxygen atoms in total. The second kappa shape index (κ2) is 8.18. The highest BCUT2D eigenvalue weighted by atomic mass is 79.9. The Bertz CT molecular complexity index is 781. The third kappa shape index (κ3) is 3.91. The van der Waals surface area contributed by atoms with E-state index < -0.39 is 18.1 Å². The van der Waals surface area contributed by atoms with Gasteiger partial charge < -0.3 is 9.84 Å². The molecule has 138 valence electrons. The lowest BCUT2D eigenvalue weighted by Gasteiger charge is -2.40. The van der Waals surface area contributed by atoms with Crippen LogP contribution in [0.2, 0.25) is 0 Å². The Morgan fingerprint density at radius 2 is 2.00 bits per heavy atom. The van der Waals surface area contributed by atoms with Crippen molar-refractivity contribution < 1.29 is 19.0 Å². The first-order chi connectivity index (χ1) is 12.5. The number of likely N-dealkylation sites (tertiary alicyclic amines) is 1. The minimum Gasteiger partial charge on any atom is -0.496 e. The summed E-state index contributed by atoms with van der Waals surface area (Å²) >= 11 is 3.43. The number of carboxylic acids is 1. The standard InChI is InChI=1S/C20H21BrFNO3/c1-26-18-10-9-15(22)12-16(18)19(13-5-7-14(21)8-6-13)23-11-3-2-4-17(23)20(24)25/h5-10,12,17,19H,2-4,11H2,1H3,(H,24,25). The Balaban J connectivity index is 2.15. The molecule has 26 heavy (non-hydrogen) atoms. The Morgan fingerprint density at radius 3 is 2.65 bits per heavy atom. The molecule has 1 fully saturated rings. The zero-order valence-electron chi connectivity index (χ0n) is 14.5. The topological polar surface area (TPSA) is 49.8 Å². The van der Waals surface area contributed by atoms with Crippen LogP contribution < -0.4 is 4.74 Å². The normalized spacial score (nSPS) is 19.1. The van der Waals surface area contributed by atoms with Gasteiger partial charge in [-0.05, 0) is 55.3 Å². The third-order valence-corrected chi connectivity index (χ3v) is 5.36. The van der Waals surface area contributed by atoms with Crippen LogP contribution in [0.4, 0.5) is 4.39 Å². The molecule has 1 saturated heterocycles. The molecule has 1 aliphatic heterocycles. The highest BCUT2D eigenvalue weighted by molar-refractivity contribution is 9.10. The lowest BCUT2D eigenvalue weighted by molar-refractivity contribution is -0.145. The van der Waals surface area contributed by atoms with E-state index in [0.29, 0.717) is 24.3 Å². The van der Waals surface area contributed by atoms with Gasteiger partial charge in [-0.25, -0.2) is 4.39 Å². The quantitative estimate of drug-likeness (QED) is 0.764. The Labute approximate surface area is 160 Å². The van der Waals surface area contributed by atoms with Gasteiger partial charge >= 0.3 is 5.97 Å². The second-order valence-electron chi connectivity index (χ2n) is 6.43. The lowest BCUT2D eigenvalue weighted by Crippen LogP contribution is -2.46. The van der Waals surface area contributed by atoms with Gasteiger partial charge in [0, 0.05) is 10.0 Å². The van der Waals surface area contributed by atoms with Gasteiger partial charge in [-0.1, -0.05) is 34.5 Å². The number of piperidine rings is 1. The van der Waals surface area contributed by atoms with Gasteiger partial charge in [-0.15, -0.1) is 0 Å². The van der Waals surface area contributed by atoms with Crippen molar-refractivity contribution in [2.24, 2.45) is 0 Å². The van der Waals surface area contributed by atoms with Crippen LogP contribution in [0.5, 0.6) is 5.75 Å². The molecular formula is C20H21BrFNO3. The van der Waals surface area contributed by atoms with Crippen molar-refractivity contribution in [1.29, 1.82) is 0 Å². The Kier molecular flexibility index (Phi) is 5.94. The number of benzene rings is 2. The molecule has 0 radical (unpaired) electrons. The van der Waals surface area contributed by atoms with Crippen molar-refractivity contribution in [3.05, 3.63) is 63.9 Å². The van der Waals surface area contributed by atoms with Gasteiger partial charge in [0.05, 0.1) is 13.2 Å². The van der Waals surface area contributed by atoms with E-state index in [-0.39, 0.29) is 5.82 Å². The van der Waals surface area contributed by atoms with Crippen molar-refractivity contribution in [1.82, 2.24) is 4.90 Å². The molecule has 0 bridgehead atoms. The predicted octanol–water partition coefficient (Wildman–Crippen LogP) is 4.63. The summed E-state index contributed by atoms with van der Waals surface area (Å²) in [5, 5.41) is 9.72. The highest BCUT2D eigenvalue weighted by Gasteiger charge is 2.36. The summed E-state index contributed by atoms with van der Waals surface area (Å²) in [4.78, 5) is 13.8. The van der Waals surface area contributed by atoms with Gasteiger partial charge in [-0.2, -0.15) is 0 Å². The van der Waals surface area contributed by atoms with Crippen LogP contribution in [0.25, 0.3) is 0 Å². The molecule has 1 heterocycles. The molecule has 6 heteroatoms. The summed E-state index contributed by atoms with van der Waals surface area (Å²) in [6, 6.07) is 11.1. The number of hydrogen-bond acceptors (Lipinski definition) is 3. The smallest absolute Gasteiger partial charge is 0.320 e. The minimum atomic E-state index is -0.845. The van der Waals surface area contributed by atoms with Gasteiger partial charge in [0.15, 0.2) is 0 Å². The zero-order valence-corrected chi connectivity index (χ0v) is 16.1. The van der Waals surface area contributed by atoms with Crippen molar-refractivity contribution in [3.8, 4) is 5.75 Å². The highest BCUT2D eigenvalue weighted by Crippen LogP contribution is 2.39. The monoisotopic (exact) mass is 421 g/mol. The molecule has 2 atom stereocenters. The number of aliphatic carboxylic acids is 1. The van der Waals surface area contributed by atoms with Crippen LogP contribution in [0, 0.1) is 5.82 Å². The molecule has 0 aliphatic carbocycles. The van der Waals surface area contributed by atoms with Gasteiger partial charge in [-0.3, -0.25) is 9.69 Å². The number of carboxylic acid groups (broad SMARTS) is 1. The first kappa shape index (κ1) is 18.9. The fraction of sp³-hybridized carbons (Fsp3) is 0.350.